The predicted molar refractivity (Wildman–Crippen MR) is 77.8 cm³/mol. The van der Waals surface area contributed by atoms with Crippen molar-refractivity contribution in [2.45, 2.75) is 19.3 Å². The standard InChI is InChI=1S/C13H18N2O4S/c1-18-12(16)11-9(14-13(17)19-2)8-10(20-11)15-6-4-3-5-7-15/h8H,3-7H2,1-2H3,(H,14,17). The summed E-state index contributed by atoms with van der Waals surface area (Å²) in [5.74, 6) is -0.454. The van der Waals surface area contributed by atoms with Crippen LogP contribution in [-0.4, -0.2) is 39.4 Å². The highest BCUT2D eigenvalue weighted by Crippen LogP contribution is 2.35. The molecule has 0 saturated carbocycles. The Bertz CT molecular complexity index is 495. The number of nitrogens with one attached hydrogen (secondary N) is 1. The van der Waals surface area contributed by atoms with Gasteiger partial charge in [-0.1, -0.05) is 0 Å². The van der Waals surface area contributed by atoms with Crippen molar-refractivity contribution in [1.29, 1.82) is 0 Å². The molecule has 1 amide bonds. The molecule has 0 unspecified atom stereocenters. The van der Waals surface area contributed by atoms with Gasteiger partial charge in [-0.2, -0.15) is 0 Å². The monoisotopic (exact) mass is 298 g/mol. The molecule has 0 radical (unpaired) electrons. The van der Waals surface area contributed by atoms with Crippen LogP contribution in [0.2, 0.25) is 0 Å². The number of thiophene rings is 1. The summed E-state index contributed by atoms with van der Waals surface area (Å²) in [6.07, 6.45) is 2.92. The first kappa shape index (κ1) is 14.6. The van der Waals surface area contributed by atoms with E-state index in [0.717, 1.165) is 30.9 Å². The molecule has 1 aliphatic heterocycles. The Labute approximate surface area is 121 Å². The van der Waals surface area contributed by atoms with E-state index in [1.54, 1.807) is 6.07 Å². The molecule has 20 heavy (non-hydrogen) atoms. The highest BCUT2D eigenvalue weighted by atomic mass is 32.1. The molecule has 1 N–H and O–H groups in total. The van der Waals surface area contributed by atoms with Crippen LogP contribution in [0, 0.1) is 0 Å². The highest BCUT2D eigenvalue weighted by molar-refractivity contribution is 7.18. The van der Waals surface area contributed by atoms with Crippen LogP contribution in [0.4, 0.5) is 15.5 Å². The molecule has 7 heteroatoms. The fourth-order valence-corrected chi connectivity index (χ4v) is 3.23. The molecule has 0 aromatic carbocycles. The Hall–Kier alpha value is -1.76. The molecule has 0 atom stereocenters. The Morgan fingerprint density at radius 2 is 1.90 bits per heavy atom. The minimum absolute atomic E-state index is 0.387. The van der Waals surface area contributed by atoms with Crippen molar-refractivity contribution in [1.82, 2.24) is 0 Å². The molecule has 1 aromatic heterocycles. The number of ether oxygens (including phenoxy) is 2. The molecule has 1 saturated heterocycles. The second-order valence-electron chi connectivity index (χ2n) is 4.48. The summed E-state index contributed by atoms with van der Waals surface area (Å²) in [5.41, 5.74) is 0.439. The number of amides is 1. The van der Waals surface area contributed by atoms with Crippen molar-refractivity contribution < 1.29 is 19.1 Å². The zero-order valence-corrected chi connectivity index (χ0v) is 12.4. The topological polar surface area (TPSA) is 67.9 Å². The highest BCUT2D eigenvalue weighted by Gasteiger charge is 2.22. The summed E-state index contributed by atoms with van der Waals surface area (Å²) in [4.78, 5) is 25.7. The lowest BCUT2D eigenvalue weighted by Gasteiger charge is -2.26. The van der Waals surface area contributed by atoms with Gasteiger partial charge in [0.25, 0.3) is 0 Å². The van der Waals surface area contributed by atoms with Crippen molar-refractivity contribution >= 4 is 34.1 Å². The second kappa shape index (κ2) is 6.60. The normalized spacial score (nSPS) is 14.8. The Kier molecular flexibility index (Phi) is 4.84. The van der Waals surface area contributed by atoms with Gasteiger partial charge in [0.05, 0.1) is 24.9 Å². The van der Waals surface area contributed by atoms with Crippen molar-refractivity contribution in [2.24, 2.45) is 0 Å². The molecule has 0 spiro atoms. The summed E-state index contributed by atoms with van der Waals surface area (Å²) in [7, 11) is 2.61. The number of hydrogen-bond donors (Lipinski definition) is 1. The van der Waals surface area contributed by atoms with Gasteiger partial charge in [0.2, 0.25) is 0 Å². The zero-order chi connectivity index (χ0) is 14.5. The minimum atomic E-state index is -0.599. The molecule has 1 fully saturated rings. The number of carbonyl (C=O) groups excluding carboxylic acids is 2. The van der Waals surface area contributed by atoms with E-state index < -0.39 is 12.1 Å². The van der Waals surface area contributed by atoms with Gasteiger partial charge in [-0.25, -0.2) is 9.59 Å². The van der Waals surface area contributed by atoms with Gasteiger partial charge in [-0.05, 0) is 25.3 Å². The molecule has 1 aromatic rings. The molecular formula is C13H18N2O4S. The second-order valence-corrected chi connectivity index (χ2v) is 5.51. The third kappa shape index (κ3) is 3.22. The van der Waals surface area contributed by atoms with E-state index in [1.807, 2.05) is 0 Å². The molecule has 0 aliphatic carbocycles. The number of nitrogens with zero attached hydrogens (tertiary/aromatic N) is 1. The average Bonchev–Trinajstić information content (AvgIpc) is 2.91. The summed E-state index contributed by atoms with van der Waals surface area (Å²) in [5, 5.41) is 3.53. The van der Waals surface area contributed by atoms with Gasteiger partial charge in [0, 0.05) is 13.1 Å². The molecule has 1 aliphatic rings. The average molecular weight is 298 g/mol. The fraction of sp³-hybridized carbons (Fsp3) is 0.538. The van der Waals surface area contributed by atoms with E-state index >= 15 is 0 Å². The maximum absolute atomic E-state index is 11.8. The smallest absolute Gasteiger partial charge is 0.411 e. The van der Waals surface area contributed by atoms with Crippen molar-refractivity contribution in [3.63, 3.8) is 0 Å². The van der Waals surface area contributed by atoms with Crippen molar-refractivity contribution in [3.8, 4) is 0 Å². The number of carbonyl (C=O) groups is 2. The van der Waals surface area contributed by atoms with Gasteiger partial charge >= 0.3 is 12.1 Å². The van der Waals surface area contributed by atoms with Crippen LogP contribution in [0.15, 0.2) is 6.07 Å². The molecule has 2 rings (SSSR count). The van der Waals surface area contributed by atoms with Crippen LogP contribution in [0.3, 0.4) is 0 Å². The van der Waals surface area contributed by atoms with Crippen LogP contribution < -0.4 is 10.2 Å². The maximum Gasteiger partial charge on any atom is 0.411 e. The number of piperidine rings is 1. The first-order chi connectivity index (χ1) is 9.65. The van der Waals surface area contributed by atoms with Crippen LogP contribution in [0.1, 0.15) is 28.9 Å². The van der Waals surface area contributed by atoms with E-state index in [-0.39, 0.29) is 0 Å². The van der Waals surface area contributed by atoms with Crippen LogP contribution in [0.5, 0.6) is 0 Å². The summed E-state index contributed by atoms with van der Waals surface area (Å²) < 4.78 is 9.32. The van der Waals surface area contributed by atoms with Crippen molar-refractivity contribution in [3.05, 3.63) is 10.9 Å². The van der Waals surface area contributed by atoms with Gasteiger partial charge in [-0.15, -0.1) is 11.3 Å². The Morgan fingerprint density at radius 1 is 1.20 bits per heavy atom. The van der Waals surface area contributed by atoms with Crippen LogP contribution in [0.25, 0.3) is 0 Å². The number of methoxy groups -OCH3 is 2. The summed E-state index contributed by atoms with van der Waals surface area (Å²) in [6, 6.07) is 1.80. The third-order valence-corrected chi connectivity index (χ3v) is 4.36. The van der Waals surface area contributed by atoms with E-state index in [1.165, 1.54) is 32.0 Å². The minimum Gasteiger partial charge on any atom is -0.465 e. The summed E-state index contributed by atoms with van der Waals surface area (Å²) >= 11 is 1.33. The molecule has 2 heterocycles. The van der Waals surface area contributed by atoms with Gasteiger partial charge in [0.15, 0.2) is 0 Å². The summed E-state index contributed by atoms with van der Waals surface area (Å²) in [6.45, 7) is 1.94. The largest absolute Gasteiger partial charge is 0.465 e. The first-order valence-electron chi connectivity index (χ1n) is 6.47. The van der Waals surface area contributed by atoms with Crippen LogP contribution >= 0.6 is 11.3 Å². The zero-order valence-electron chi connectivity index (χ0n) is 11.6. The molecule has 6 nitrogen and oxygen atoms in total. The number of anilines is 2. The lowest BCUT2D eigenvalue weighted by molar-refractivity contribution is 0.0607. The quantitative estimate of drug-likeness (QED) is 0.869. The van der Waals surface area contributed by atoms with Crippen LogP contribution in [-0.2, 0) is 9.47 Å². The van der Waals surface area contributed by atoms with E-state index in [0.29, 0.717) is 10.6 Å². The van der Waals surface area contributed by atoms with Gasteiger partial charge in [-0.3, -0.25) is 5.32 Å². The molecular weight excluding hydrogens is 280 g/mol. The Balaban J connectivity index is 2.25. The lowest BCUT2D eigenvalue weighted by atomic mass is 10.1. The fourth-order valence-electron chi connectivity index (χ4n) is 2.15. The SMILES string of the molecule is COC(=O)Nc1cc(N2CCCCC2)sc1C(=O)OC. The predicted octanol–water partition coefficient (Wildman–Crippen LogP) is 2.70. The van der Waals surface area contributed by atoms with Gasteiger partial charge < -0.3 is 14.4 Å². The van der Waals surface area contributed by atoms with Gasteiger partial charge in [0.1, 0.15) is 4.88 Å². The number of hydrogen-bond acceptors (Lipinski definition) is 6. The first-order valence-corrected chi connectivity index (χ1v) is 7.29. The van der Waals surface area contributed by atoms with E-state index in [9.17, 15) is 9.59 Å². The lowest BCUT2D eigenvalue weighted by Crippen LogP contribution is -2.28. The number of esters is 1. The van der Waals surface area contributed by atoms with E-state index in [4.69, 9.17) is 4.74 Å². The maximum atomic E-state index is 11.8. The number of rotatable bonds is 3. The third-order valence-electron chi connectivity index (χ3n) is 3.18. The van der Waals surface area contributed by atoms with E-state index in [2.05, 4.69) is 15.0 Å². The van der Waals surface area contributed by atoms with Crippen molar-refractivity contribution in [2.75, 3.05) is 37.5 Å². The Morgan fingerprint density at radius 3 is 2.50 bits per heavy atom. The molecule has 0 bridgehead atoms. The molecule has 110 valence electrons.